The molecule has 1 fully saturated rings. The summed E-state index contributed by atoms with van der Waals surface area (Å²) in [5.74, 6) is -1.64. The second kappa shape index (κ2) is 6.03. The number of halogens is 1. The van der Waals surface area contributed by atoms with E-state index in [0.717, 1.165) is 5.56 Å². The normalized spacial score (nSPS) is 22.1. The molecule has 0 aromatic heterocycles. The van der Waals surface area contributed by atoms with Crippen LogP contribution in [0.15, 0.2) is 24.3 Å². The van der Waals surface area contributed by atoms with Gasteiger partial charge in [0.2, 0.25) is 5.91 Å². The second-order valence-corrected chi connectivity index (χ2v) is 5.19. The SMILES string of the molecule is CCC[C@H](NC(=O)[C@H]1C[C@H]1c1ccc(F)cc1)C(=O)O. The molecule has 2 N–H and O–H groups in total. The van der Waals surface area contributed by atoms with Crippen molar-refractivity contribution in [1.82, 2.24) is 5.32 Å². The largest absolute Gasteiger partial charge is 0.480 e. The number of carboxylic acid groups (broad SMARTS) is 1. The first-order chi connectivity index (χ1) is 9.52. The summed E-state index contributed by atoms with van der Waals surface area (Å²) in [5.41, 5.74) is 0.925. The number of nitrogens with one attached hydrogen (secondary N) is 1. The number of aliphatic carboxylic acids is 1. The molecule has 20 heavy (non-hydrogen) atoms. The van der Waals surface area contributed by atoms with Gasteiger partial charge in [-0.15, -0.1) is 0 Å². The first kappa shape index (κ1) is 14.5. The van der Waals surface area contributed by atoms with E-state index in [1.807, 2.05) is 6.92 Å². The third-order valence-corrected chi connectivity index (χ3v) is 3.62. The highest BCUT2D eigenvalue weighted by Crippen LogP contribution is 2.47. The van der Waals surface area contributed by atoms with Gasteiger partial charge in [0.05, 0.1) is 0 Å². The van der Waals surface area contributed by atoms with E-state index in [1.165, 1.54) is 12.1 Å². The summed E-state index contributed by atoms with van der Waals surface area (Å²) < 4.78 is 12.8. The number of carbonyl (C=O) groups excluding carboxylic acids is 1. The smallest absolute Gasteiger partial charge is 0.326 e. The molecule has 108 valence electrons. The lowest BCUT2D eigenvalue weighted by molar-refractivity contribution is -0.142. The van der Waals surface area contributed by atoms with E-state index in [0.29, 0.717) is 19.3 Å². The first-order valence-electron chi connectivity index (χ1n) is 6.81. The van der Waals surface area contributed by atoms with E-state index >= 15 is 0 Å². The molecule has 4 nitrogen and oxygen atoms in total. The maximum atomic E-state index is 12.8. The van der Waals surface area contributed by atoms with Gasteiger partial charge in [0.1, 0.15) is 11.9 Å². The number of hydrogen-bond donors (Lipinski definition) is 2. The molecule has 1 aromatic carbocycles. The van der Waals surface area contributed by atoms with E-state index < -0.39 is 12.0 Å². The van der Waals surface area contributed by atoms with Crippen LogP contribution in [0.25, 0.3) is 0 Å². The summed E-state index contributed by atoms with van der Waals surface area (Å²) in [6.07, 6.45) is 1.81. The molecule has 0 radical (unpaired) electrons. The van der Waals surface area contributed by atoms with Gasteiger partial charge in [-0.25, -0.2) is 9.18 Å². The highest BCUT2D eigenvalue weighted by atomic mass is 19.1. The predicted molar refractivity (Wildman–Crippen MR) is 71.7 cm³/mol. The van der Waals surface area contributed by atoms with Gasteiger partial charge in [-0.3, -0.25) is 4.79 Å². The first-order valence-corrected chi connectivity index (χ1v) is 6.81. The molecule has 1 aliphatic carbocycles. The van der Waals surface area contributed by atoms with Crippen LogP contribution in [0.2, 0.25) is 0 Å². The monoisotopic (exact) mass is 279 g/mol. The molecule has 1 amide bonds. The number of hydrogen-bond acceptors (Lipinski definition) is 2. The van der Waals surface area contributed by atoms with Crippen LogP contribution in [0.5, 0.6) is 0 Å². The highest BCUT2D eigenvalue weighted by molar-refractivity contribution is 5.87. The Morgan fingerprint density at radius 3 is 2.60 bits per heavy atom. The van der Waals surface area contributed by atoms with E-state index in [2.05, 4.69) is 5.32 Å². The highest BCUT2D eigenvalue weighted by Gasteiger charge is 2.44. The lowest BCUT2D eigenvalue weighted by Crippen LogP contribution is -2.41. The quantitative estimate of drug-likeness (QED) is 0.839. The Bertz CT molecular complexity index is 500. The van der Waals surface area contributed by atoms with Crippen molar-refractivity contribution in [2.24, 2.45) is 5.92 Å². The molecule has 0 saturated heterocycles. The molecule has 1 aromatic rings. The van der Waals surface area contributed by atoms with Crippen molar-refractivity contribution in [3.63, 3.8) is 0 Å². The molecule has 0 unspecified atom stereocenters. The van der Waals surface area contributed by atoms with Crippen LogP contribution in [0, 0.1) is 11.7 Å². The zero-order chi connectivity index (χ0) is 14.7. The van der Waals surface area contributed by atoms with Crippen molar-refractivity contribution in [3.8, 4) is 0 Å². The van der Waals surface area contributed by atoms with Gasteiger partial charge in [0.25, 0.3) is 0 Å². The maximum absolute atomic E-state index is 12.8. The Balaban J connectivity index is 1.92. The topological polar surface area (TPSA) is 66.4 Å². The van der Waals surface area contributed by atoms with Gasteiger partial charge in [-0.2, -0.15) is 0 Å². The van der Waals surface area contributed by atoms with Gasteiger partial charge in [0.15, 0.2) is 0 Å². The molecule has 1 saturated carbocycles. The lowest BCUT2D eigenvalue weighted by atomic mass is 10.1. The van der Waals surface area contributed by atoms with Crippen LogP contribution in [0.3, 0.4) is 0 Å². The third kappa shape index (κ3) is 3.35. The van der Waals surface area contributed by atoms with E-state index in [9.17, 15) is 14.0 Å². The third-order valence-electron chi connectivity index (χ3n) is 3.62. The Labute approximate surface area is 117 Å². The van der Waals surface area contributed by atoms with Crippen molar-refractivity contribution in [2.75, 3.05) is 0 Å². The number of amides is 1. The minimum absolute atomic E-state index is 0.0756. The minimum atomic E-state index is -1.00. The Hall–Kier alpha value is -1.91. The number of benzene rings is 1. The second-order valence-electron chi connectivity index (χ2n) is 5.19. The fraction of sp³-hybridized carbons (Fsp3) is 0.467. The van der Waals surface area contributed by atoms with E-state index in [4.69, 9.17) is 5.11 Å². The molecule has 2 rings (SSSR count). The zero-order valence-electron chi connectivity index (χ0n) is 11.3. The average Bonchev–Trinajstić information content (AvgIpc) is 3.19. The average molecular weight is 279 g/mol. The number of carboxylic acids is 1. The van der Waals surface area contributed by atoms with Gasteiger partial charge in [-0.1, -0.05) is 25.5 Å². The summed E-state index contributed by atoms with van der Waals surface area (Å²) in [7, 11) is 0. The van der Waals surface area contributed by atoms with E-state index in [-0.39, 0.29) is 23.6 Å². The van der Waals surface area contributed by atoms with Gasteiger partial charge in [0, 0.05) is 5.92 Å². The molecule has 0 spiro atoms. The molecule has 1 aliphatic rings. The molecule has 0 aliphatic heterocycles. The van der Waals surface area contributed by atoms with Crippen molar-refractivity contribution in [3.05, 3.63) is 35.6 Å². The van der Waals surface area contributed by atoms with Crippen LogP contribution < -0.4 is 5.32 Å². The summed E-state index contributed by atoms with van der Waals surface area (Å²) >= 11 is 0. The zero-order valence-corrected chi connectivity index (χ0v) is 11.3. The minimum Gasteiger partial charge on any atom is -0.480 e. The summed E-state index contributed by atoms with van der Waals surface area (Å²) in [4.78, 5) is 23.0. The van der Waals surface area contributed by atoms with Crippen LogP contribution in [0.1, 0.15) is 37.7 Å². The van der Waals surface area contributed by atoms with Crippen molar-refractivity contribution >= 4 is 11.9 Å². The van der Waals surface area contributed by atoms with Gasteiger partial charge in [-0.05, 0) is 36.5 Å². The predicted octanol–water partition coefficient (Wildman–Crippen LogP) is 2.30. The van der Waals surface area contributed by atoms with Gasteiger partial charge < -0.3 is 10.4 Å². The molecule has 0 bridgehead atoms. The summed E-state index contributed by atoms with van der Waals surface area (Å²) in [6.45, 7) is 1.88. The van der Waals surface area contributed by atoms with Crippen LogP contribution in [-0.4, -0.2) is 23.0 Å². The lowest BCUT2D eigenvalue weighted by Gasteiger charge is -2.13. The Morgan fingerprint density at radius 1 is 1.40 bits per heavy atom. The van der Waals surface area contributed by atoms with Crippen molar-refractivity contribution in [2.45, 2.75) is 38.1 Å². The fourth-order valence-corrected chi connectivity index (χ4v) is 2.39. The van der Waals surface area contributed by atoms with E-state index in [1.54, 1.807) is 12.1 Å². The Kier molecular flexibility index (Phi) is 4.37. The van der Waals surface area contributed by atoms with Crippen LogP contribution >= 0.6 is 0 Å². The van der Waals surface area contributed by atoms with Crippen LogP contribution in [-0.2, 0) is 9.59 Å². The maximum Gasteiger partial charge on any atom is 0.326 e. The Morgan fingerprint density at radius 2 is 2.05 bits per heavy atom. The molecule has 0 heterocycles. The summed E-state index contributed by atoms with van der Waals surface area (Å²) in [6, 6.07) is 5.28. The summed E-state index contributed by atoms with van der Waals surface area (Å²) in [5, 5.41) is 11.6. The standard InChI is InChI=1S/C15H18FNO3/c1-2-3-13(15(19)20)17-14(18)12-8-11(12)9-4-6-10(16)7-5-9/h4-7,11-13H,2-3,8H2,1H3,(H,17,18)(H,19,20)/t11-,12-,13-/m0/s1. The molecule has 5 heteroatoms. The van der Waals surface area contributed by atoms with Crippen molar-refractivity contribution < 1.29 is 19.1 Å². The van der Waals surface area contributed by atoms with Crippen molar-refractivity contribution in [1.29, 1.82) is 0 Å². The fourth-order valence-electron chi connectivity index (χ4n) is 2.39. The molecule has 3 atom stereocenters. The number of rotatable bonds is 6. The van der Waals surface area contributed by atoms with Gasteiger partial charge >= 0.3 is 5.97 Å². The van der Waals surface area contributed by atoms with Crippen LogP contribution in [0.4, 0.5) is 4.39 Å². The molecular formula is C15H18FNO3. The molecular weight excluding hydrogens is 261 g/mol. The number of carbonyl (C=O) groups is 2.